The Balaban J connectivity index is 1.15. The molecule has 0 N–H and O–H groups in total. The molecule has 0 atom stereocenters. The Kier molecular flexibility index (Phi) is 6.79. The van der Waals surface area contributed by atoms with Crippen LogP contribution >= 0.6 is 0 Å². The van der Waals surface area contributed by atoms with Crippen LogP contribution in [0.3, 0.4) is 0 Å². The highest BCUT2D eigenvalue weighted by Crippen LogP contribution is 2.37. The van der Waals surface area contributed by atoms with Gasteiger partial charge in [0, 0.05) is 44.0 Å². The first kappa shape index (κ1) is 30.1. The number of nitriles is 1. The van der Waals surface area contributed by atoms with Crippen molar-refractivity contribution in [1.29, 1.82) is 5.26 Å². The summed E-state index contributed by atoms with van der Waals surface area (Å²) < 4.78 is 6.55. The van der Waals surface area contributed by atoms with Gasteiger partial charge in [0.05, 0.1) is 46.0 Å². The third-order valence-corrected chi connectivity index (χ3v) is 9.96. The molecule has 0 bridgehead atoms. The van der Waals surface area contributed by atoms with Crippen LogP contribution < -0.4 is 0 Å². The number of benzene rings is 7. The van der Waals surface area contributed by atoms with Crippen molar-refractivity contribution in [3.63, 3.8) is 0 Å². The van der Waals surface area contributed by atoms with Crippen LogP contribution in [0.25, 0.3) is 88.3 Å². The highest BCUT2D eigenvalue weighted by Gasteiger charge is 2.19. The maximum Gasteiger partial charge on any atom is 0.187 e. The molecule has 3 aromatic heterocycles. The van der Waals surface area contributed by atoms with Gasteiger partial charge in [0.15, 0.2) is 17.3 Å². The summed E-state index contributed by atoms with van der Waals surface area (Å²) in [6.45, 7) is 7.43. The second-order valence-electron chi connectivity index (χ2n) is 13.0. The lowest BCUT2D eigenvalue weighted by molar-refractivity contribution is 0.892. The number of hydrogen-bond donors (Lipinski definition) is 0. The van der Waals surface area contributed by atoms with Crippen molar-refractivity contribution < 1.29 is 0 Å². The summed E-state index contributed by atoms with van der Waals surface area (Å²) in [7, 11) is 0. The lowest BCUT2D eigenvalue weighted by Gasteiger charge is -2.13. The molecule has 0 aliphatic rings. The van der Waals surface area contributed by atoms with E-state index in [0.717, 1.165) is 50.0 Å². The molecule has 10 rings (SSSR count). The number of nitrogens with zero attached hydrogens (tertiary/aromatic N) is 7. The maximum absolute atomic E-state index is 9.35. The quantitative estimate of drug-likeness (QED) is 0.170. The summed E-state index contributed by atoms with van der Waals surface area (Å²) in [4.78, 5) is 8.56. The highest BCUT2D eigenvalue weighted by molar-refractivity contribution is 6.11. The Morgan fingerprint density at radius 2 is 1.06 bits per heavy atom. The van der Waals surface area contributed by atoms with Gasteiger partial charge in [-0.25, -0.2) is 14.5 Å². The first-order valence-corrected chi connectivity index (χ1v) is 17.3. The van der Waals surface area contributed by atoms with Gasteiger partial charge in [0.25, 0.3) is 0 Å². The molecule has 0 saturated carbocycles. The van der Waals surface area contributed by atoms with Crippen LogP contribution in [0.15, 0.2) is 164 Å². The van der Waals surface area contributed by atoms with E-state index in [4.69, 9.17) is 16.7 Å². The summed E-state index contributed by atoms with van der Waals surface area (Å²) in [6.07, 6.45) is 0. The van der Waals surface area contributed by atoms with Crippen LogP contribution in [0, 0.1) is 17.9 Å². The second-order valence-corrected chi connectivity index (χ2v) is 13.0. The molecule has 246 valence electrons. The molecule has 0 saturated heterocycles. The van der Waals surface area contributed by atoms with E-state index >= 15 is 0 Å². The number of rotatable bonds is 5. The van der Waals surface area contributed by atoms with Crippen LogP contribution in [0.5, 0.6) is 0 Å². The van der Waals surface area contributed by atoms with Gasteiger partial charge in [-0.15, -0.1) is 5.10 Å². The topological polar surface area (TPSA) is 68.7 Å². The van der Waals surface area contributed by atoms with Crippen molar-refractivity contribution in [3.05, 3.63) is 181 Å². The van der Waals surface area contributed by atoms with Gasteiger partial charge >= 0.3 is 0 Å². The molecule has 3 heterocycles. The normalized spacial score (nSPS) is 11.4. The molecule has 0 fully saturated rings. The van der Waals surface area contributed by atoms with Gasteiger partial charge < -0.3 is 9.13 Å². The molecule has 53 heavy (non-hydrogen) atoms. The van der Waals surface area contributed by atoms with E-state index in [9.17, 15) is 5.26 Å². The van der Waals surface area contributed by atoms with Crippen LogP contribution in [0.2, 0.25) is 0 Å². The fourth-order valence-electron chi connectivity index (χ4n) is 7.52. The highest BCUT2D eigenvalue weighted by atomic mass is 15.4. The Bertz CT molecular complexity index is 3070. The minimum atomic E-state index is 0.545. The maximum atomic E-state index is 9.35. The Labute approximate surface area is 304 Å². The minimum absolute atomic E-state index is 0.545. The van der Waals surface area contributed by atoms with Gasteiger partial charge in [-0.3, -0.25) is 0 Å². The Morgan fingerprint density at radius 3 is 1.64 bits per heavy atom. The summed E-state index contributed by atoms with van der Waals surface area (Å²) in [5.74, 6) is 1.20. The average molecular weight is 678 g/mol. The predicted octanol–water partition coefficient (Wildman–Crippen LogP) is 11.2. The van der Waals surface area contributed by atoms with E-state index in [1.54, 1.807) is 24.3 Å². The molecular formula is C46H27N7. The second kappa shape index (κ2) is 11.9. The van der Waals surface area contributed by atoms with Crippen LogP contribution in [-0.4, -0.2) is 23.9 Å². The van der Waals surface area contributed by atoms with E-state index in [-0.39, 0.29) is 0 Å². The standard InChI is InChI=1S/C46H27N7/c1-48-33-23-21-32(22-24-33)46-49-45(31-19-17-30(29-47)18-20-31)50-53(46)36-25-26-44-40(28-36)39-13-4-7-16-43(39)52(44)35-10-8-9-34(27-35)51-41-14-5-2-11-37(41)38-12-3-6-15-42(38)51/h2-28H. The van der Waals surface area contributed by atoms with Crippen LogP contribution in [-0.2, 0) is 0 Å². The van der Waals surface area contributed by atoms with Gasteiger partial charge in [0.2, 0.25) is 0 Å². The fourth-order valence-corrected chi connectivity index (χ4v) is 7.52. The zero-order valence-corrected chi connectivity index (χ0v) is 28.2. The number of para-hydroxylation sites is 3. The number of aromatic nitrogens is 5. The third-order valence-electron chi connectivity index (χ3n) is 9.96. The first-order valence-electron chi connectivity index (χ1n) is 17.3. The van der Waals surface area contributed by atoms with Crippen molar-refractivity contribution >= 4 is 49.3 Å². The van der Waals surface area contributed by atoms with E-state index in [1.807, 2.05) is 28.9 Å². The zero-order chi connectivity index (χ0) is 35.5. The Hall–Kier alpha value is -7.74. The van der Waals surface area contributed by atoms with Crippen molar-refractivity contribution in [1.82, 2.24) is 23.9 Å². The largest absolute Gasteiger partial charge is 0.309 e. The van der Waals surface area contributed by atoms with Crippen LogP contribution in [0.1, 0.15) is 5.56 Å². The molecule has 10 aromatic rings. The van der Waals surface area contributed by atoms with Crippen molar-refractivity contribution in [2.75, 3.05) is 0 Å². The zero-order valence-electron chi connectivity index (χ0n) is 28.2. The summed E-state index contributed by atoms with van der Waals surface area (Å²) >= 11 is 0. The molecule has 0 amide bonds. The molecule has 0 spiro atoms. The van der Waals surface area contributed by atoms with Crippen LogP contribution in [0.4, 0.5) is 5.69 Å². The van der Waals surface area contributed by atoms with E-state index < -0.39 is 0 Å². The Morgan fingerprint density at radius 1 is 0.509 bits per heavy atom. The summed E-state index contributed by atoms with van der Waals surface area (Å²) in [6, 6.07) is 57.7. The molecule has 0 unspecified atom stereocenters. The van der Waals surface area contributed by atoms with Gasteiger partial charge in [0.1, 0.15) is 0 Å². The molecule has 0 aliphatic heterocycles. The number of fused-ring (bicyclic) bond motifs is 6. The molecule has 7 nitrogen and oxygen atoms in total. The lowest BCUT2D eigenvalue weighted by atomic mass is 10.1. The van der Waals surface area contributed by atoms with Crippen molar-refractivity contribution in [2.45, 2.75) is 0 Å². The fraction of sp³-hybridized carbons (Fsp3) is 0. The number of hydrogen-bond acceptors (Lipinski definition) is 3. The van der Waals surface area contributed by atoms with E-state index in [0.29, 0.717) is 22.9 Å². The molecule has 7 aromatic carbocycles. The van der Waals surface area contributed by atoms with Crippen molar-refractivity contribution in [3.8, 4) is 45.9 Å². The average Bonchev–Trinajstić information content (AvgIpc) is 3.92. The first-order chi connectivity index (χ1) is 26.2. The minimum Gasteiger partial charge on any atom is -0.309 e. The summed E-state index contributed by atoms with van der Waals surface area (Å²) in [5.41, 5.74) is 10.3. The SMILES string of the molecule is [C-]#[N+]c1ccc(-c2nc(-c3ccc(C#N)cc3)nn2-c2ccc3c(c2)c2ccccc2n3-c2cccc(-n3c4ccccc4c4ccccc43)c2)cc1. The molecule has 0 aliphatic carbocycles. The third kappa shape index (κ3) is 4.80. The van der Waals surface area contributed by atoms with Gasteiger partial charge in [-0.1, -0.05) is 84.9 Å². The molecule has 0 radical (unpaired) electrons. The van der Waals surface area contributed by atoms with E-state index in [2.05, 4.69) is 135 Å². The van der Waals surface area contributed by atoms with E-state index in [1.165, 1.54) is 21.8 Å². The monoisotopic (exact) mass is 677 g/mol. The predicted molar refractivity (Wildman–Crippen MR) is 212 cm³/mol. The van der Waals surface area contributed by atoms with Gasteiger partial charge in [-0.2, -0.15) is 5.26 Å². The molecular weight excluding hydrogens is 651 g/mol. The summed E-state index contributed by atoms with van der Waals surface area (Å²) in [5, 5.41) is 19.0. The lowest BCUT2D eigenvalue weighted by Crippen LogP contribution is -2.00. The molecule has 7 heteroatoms. The smallest absolute Gasteiger partial charge is 0.187 e. The van der Waals surface area contributed by atoms with Gasteiger partial charge in [-0.05, 0) is 78.9 Å². The van der Waals surface area contributed by atoms with Crippen molar-refractivity contribution in [2.24, 2.45) is 0 Å².